The zero-order valence-corrected chi connectivity index (χ0v) is 14.3. The van der Waals surface area contributed by atoms with Crippen LogP contribution in [0.2, 0.25) is 0 Å². The second-order valence-electron chi connectivity index (χ2n) is 6.86. The van der Waals surface area contributed by atoms with Crippen LogP contribution in [0, 0.1) is 12.7 Å². The maximum absolute atomic E-state index is 13.6. The highest BCUT2D eigenvalue weighted by molar-refractivity contribution is 5.97. The van der Waals surface area contributed by atoms with Crippen LogP contribution in [-0.2, 0) is 4.74 Å². The maximum atomic E-state index is 13.6. The largest absolute Gasteiger partial charge is 0.376 e. The summed E-state index contributed by atoms with van der Waals surface area (Å²) in [6.07, 6.45) is 4.23. The van der Waals surface area contributed by atoms with E-state index in [0.29, 0.717) is 23.7 Å². The third-order valence-electron chi connectivity index (χ3n) is 4.90. The van der Waals surface area contributed by atoms with Crippen LogP contribution >= 0.6 is 0 Å². The Labute approximate surface area is 146 Å². The molecule has 1 saturated carbocycles. The Bertz CT molecular complexity index is 792. The predicted molar refractivity (Wildman–Crippen MR) is 91.5 cm³/mol. The minimum absolute atomic E-state index is 0.104. The molecular formula is C19H22FN3O2. The standard InChI is InChI=1S/C19H22FN3O2/c1-12-17(19(24)21-11-16-6-3-9-25-16)18(13-7-8-13)22-23(12)15-5-2-4-14(20)10-15/h2,4-5,10,13,16H,3,6-9,11H2,1H3,(H,21,24)/t16-/m1/s1. The Morgan fingerprint density at radius 3 is 2.92 bits per heavy atom. The van der Waals surface area contributed by atoms with Gasteiger partial charge in [-0.3, -0.25) is 4.79 Å². The molecule has 1 saturated heterocycles. The fourth-order valence-electron chi connectivity index (χ4n) is 3.41. The summed E-state index contributed by atoms with van der Waals surface area (Å²) in [5.41, 5.74) is 2.84. The lowest BCUT2D eigenvalue weighted by atomic mass is 10.1. The van der Waals surface area contributed by atoms with E-state index in [1.165, 1.54) is 12.1 Å². The quantitative estimate of drug-likeness (QED) is 0.907. The van der Waals surface area contributed by atoms with Gasteiger partial charge in [0, 0.05) is 19.1 Å². The Balaban J connectivity index is 1.62. The molecule has 2 fully saturated rings. The maximum Gasteiger partial charge on any atom is 0.255 e. The number of hydrogen-bond donors (Lipinski definition) is 1. The van der Waals surface area contributed by atoms with E-state index < -0.39 is 0 Å². The van der Waals surface area contributed by atoms with Crippen molar-refractivity contribution in [1.82, 2.24) is 15.1 Å². The second-order valence-corrected chi connectivity index (χ2v) is 6.86. The fraction of sp³-hybridized carbons (Fsp3) is 0.474. The van der Waals surface area contributed by atoms with Gasteiger partial charge in [0.15, 0.2) is 0 Å². The fourth-order valence-corrected chi connectivity index (χ4v) is 3.41. The number of halogens is 1. The van der Waals surface area contributed by atoms with E-state index in [1.54, 1.807) is 16.8 Å². The summed E-state index contributed by atoms with van der Waals surface area (Å²) in [6.45, 7) is 3.16. The Kier molecular flexibility index (Phi) is 4.29. The van der Waals surface area contributed by atoms with Gasteiger partial charge in [-0.05, 0) is 50.8 Å². The van der Waals surface area contributed by atoms with E-state index in [1.807, 2.05) is 6.92 Å². The molecule has 2 aliphatic rings. The van der Waals surface area contributed by atoms with Crippen molar-refractivity contribution in [1.29, 1.82) is 0 Å². The second kappa shape index (κ2) is 6.59. The summed E-state index contributed by atoms with van der Waals surface area (Å²) in [5.74, 6) is -0.0979. The van der Waals surface area contributed by atoms with E-state index >= 15 is 0 Å². The van der Waals surface area contributed by atoms with Gasteiger partial charge in [0.2, 0.25) is 0 Å². The van der Waals surface area contributed by atoms with Crippen LogP contribution in [0.4, 0.5) is 4.39 Å². The smallest absolute Gasteiger partial charge is 0.255 e. The van der Waals surface area contributed by atoms with Crippen LogP contribution in [0.3, 0.4) is 0 Å². The third-order valence-corrected chi connectivity index (χ3v) is 4.90. The number of benzene rings is 1. The molecule has 0 radical (unpaired) electrons. The van der Waals surface area contributed by atoms with E-state index in [2.05, 4.69) is 10.4 Å². The number of nitrogens with one attached hydrogen (secondary N) is 1. The molecule has 2 aromatic rings. The first kappa shape index (κ1) is 16.3. The number of rotatable bonds is 5. The molecule has 6 heteroatoms. The molecule has 2 heterocycles. The first-order valence-corrected chi connectivity index (χ1v) is 8.88. The van der Waals surface area contributed by atoms with E-state index in [9.17, 15) is 9.18 Å². The molecule has 5 nitrogen and oxygen atoms in total. The Morgan fingerprint density at radius 1 is 1.40 bits per heavy atom. The summed E-state index contributed by atoms with van der Waals surface area (Å²) in [4.78, 5) is 12.8. The van der Waals surface area contributed by atoms with Crippen LogP contribution in [0.25, 0.3) is 5.69 Å². The van der Waals surface area contributed by atoms with Gasteiger partial charge in [-0.2, -0.15) is 5.10 Å². The van der Waals surface area contributed by atoms with Gasteiger partial charge >= 0.3 is 0 Å². The summed E-state index contributed by atoms with van der Waals surface area (Å²) in [7, 11) is 0. The Morgan fingerprint density at radius 2 is 2.24 bits per heavy atom. The van der Waals surface area contributed by atoms with Crippen molar-refractivity contribution in [3.8, 4) is 5.69 Å². The number of nitrogens with zero attached hydrogens (tertiary/aromatic N) is 2. The van der Waals surface area contributed by atoms with E-state index in [4.69, 9.17) is 4.74 Å². The van der Waals surface area contributed by atoms with Crippen molar-refractivity contribution in [2.75, 3.05) is 13.2 Å². The van der Waals surface area contributed by atoms with Crippen molar-refractivity contribution >= 4 is 5.91 Å². The van der Waals surface area contributed by atoms with Gasteiger partial charge in [0.05, 0.1) is 28.7 Å². The molecule has 1 aliphatic carbocycles. The first-order chi connectivity index (χ1) is 12.1. The van der Waals surface area contributed by atoms with Crippen LogP contribution < -0.4 is 5.32 Å². The minimum atomic E-state index is -0.315. The van der Waals surface area contributed by atoms with Crippen molar-refractivity contribution < 1.29 is 13.9 Å². The van der Waals surface area contributed by atoms with E-state index in [0.717, 1.165) is 43.7 Å². The molecule has 132 valence electrons. The zero-order chi connectivity index (χ0) is 17.4. The number of carbonyl (C=O) groups is 1. The predicted octanol–water partition coefficient (Wildman–Crippen LogP) is 3.11. The van der Waals surface area contributed by atoms with E-state index in [-0.39, 0.29) is 17.8 Å². The molecule has 1 N–H and O–H groups in total. The highest BCUT2D eigenvalue weighted by Gasteiger charge is 2.34. The monoisotopic (exact) mass is 343 g/mol. The van der Waals surface area contributed by atoms with Crippen molar-refractivity contribution in [2.45, 2.75) is 44.6 Å². The molecule has 1 aromatic heterocycles. The zero-order valence-electron chi connectivity index (χ0n) is 14.3. The molecule has 1 atom stereocenters. The molecule has 4 rings (SSSR count). The van der Waals surface area contributed by atoms with Crippen LogP contribution in [0.15, 0.2) is 24.3 Å². The molecule has 0 unspecified atom stereocenters. The Hall–Kier alpha value is -2.21. The molecule has 25 heavy (non-hydrogen) atoms. The van der Waals surface area contributed by atoms with Gasteiger partial charge < -0.3 is 10.1 Å². The van der Waals surface area contributed by atoms with Crippen LogP contribution in [0.5, 0.6) is 0 Å². The van der Waals surface area contributed by atoms with Gasteiger partial charge in [-0.1, -0.05) is 6.07 Å². The summed E-state index contributed by atoms with van der Waals surface area (Å²) in [5, 5.41) is 7.63. The average molecular weight is 343 g/mol. The molecule has 0 bridgehead atoms. The van der Waals surface area contributed by atoms with Gasteiger partial charge in [-0.25, -0.2) is 9.07 Å². The summed E-state index contributed by atoms with van der Waals surface area (Å²) < 4.78 is 20.8. The minimum Gasteiger partial charge on any atom is -0.376 e. The van der Waals surface area contributed by atoms with Gasteiger partial charge in [0.25, 0.3) is 5.91 Å². The number of hydrogen-bond acceptors (Lipinski definition) is 3. The highest BCUT2D eigenvalue weighted by Crippen LogP contribution is 2.42. The summed E-state index contributed by atoms with van der Waals surface area (Å²) >= 11 is 0. The lowest BCUT2D eigenvalue weighted by Crippen LogP contribution is -2.32. The van der Waals surface area contributed by atoms with Crippen LogP contribution in [0.1, 0.15) is 53.3 Å². The normalized spacial score (nSPS) is 20.0. The number of aromatic nitrogens is 2. The third kappa shape index (κ3) is 3.31. The first-order valence-electron chi connectivity index (χ1n) is 8.88. The van der Waals surface area contributed by atoms with Gasteiger partial charge in [-0.15, -0.1) is 0 Å². The molecular weight excluding hydrogens is 321 g/mol. The van der Waals surface area contributed by atoms with Crippen molar-refractivity contribution in [3.63, 3.8) is 0 Å². The van der Waals surface area contributed by atoms with Crippen molar-refractivity contribution in [3.05, 3.63) is 47.0 Å². The van der Waals surface area contributed by atoms with Crippen molar-refractivity contribution in [2.24, 2.45) is 0 Å². The number of amides is 1. The average Bonchev–Trinajstić information content (AvgIpc) is 3.19. The van der Waals surface area contributed by atoms with Crippen LogP contribution in [-0.4, -0.2) is 34.9 Å². The number of ether oxygens (including phenoxy) is 1. The lowest BCUT2D eigenvalue weighted by Gasteiger charge is -2.11. The molecule has 1 amide bonds. The topological polar surface area (TPSA) is 56.1 Å². The van der Waals surface area contributed by atoms with Gasteiger partial charge in [0.1, 0.15) is 5.82 Å². The molecule has 0 spiro atoms. The summed E-state index contributed by atoms with van der Waals surface area (Å²) in [6, 6.07) is 6.29. The molecule has 1 aliphatic heterocycles. The number of carbonyl (C=O) groups excluding carboxylic acids is 1. The molecule has 1 aromatic carbocycles. The SMILES string of the molecule is Cc1c(C(=O)NC[C@H]2CCCO2)c(C2CC2)nn1-c1cccc(F)c1. The lowest BCUT2D eigenvalue weighted by molar-refractivity contribution is 0.0856. The highest BCUT2D eigenvalue weighted by atomic mass is 19.1.